The van der Waals surface area contributed by atoms with E-state index in [1.807, 2.05) is 0 Å². The second-order valence-corrected chi connectivity index (χ2v) is 5.98. The summed E-state index contributed by atoms with van der Waals surface area (Å²) in [6, 6.07) is 5.08. The van der Waals surface area contributed by atoms with Gasteiger partial charge in [-0.05, 0) is 12.1 Å². The van der Waals surface area contributed by atoms with Crippen molar-refractivity contribution in [1.29, 1.82) is 0 Å². The van der Waals surface area contributed by atoms with Crippen LogP contribution in [0.25, 0.3) is 0 Å². The van der Waals surface area contributed by atoms with E-state index in [0.717, 1.165) is 4.34 Å². The molecule has 0 saturated carbocycles. The lowest BCUT2D eigenvalue weighted by Gasteiger charge is -2.07. The van der Waals surface area contributed by atoms with E-state index in [0.29, 0.717) is 15.7 Å². The van der Waals surface area contributed by atoms with Gasteiger partial charge in [0.2, 0.25) is 5.91 Å². The van der Waals surface area contributed by atoms with Crippen LogP contribution in [-0.4, -0.2) is 21.9 Å². The molecule has 0 spiro atoms. The fourth-order valence-electron chi connectivity index (χ4n) is 1.14. The fourth-order valence-corrected chi connectivity index (χ4v) is 2.78. The van der Waals surface area contributed by atoms with E-state index in [-0.39, 0.29) is 11.7 Å². The minimum Gasteiger partial charge on any atom is -0.324 e. The van der Waals surface area contributed by atoms with Crippen LogP contribution in [0.3, 0.4) is 0 Å². The van der Waals surface area contributed by atoms with Crippen LogP contribution in [0.4, 0.5) is 5.69 Å². The summed E-state index contributed by atoms with van der Waals surface area (Å²) in [6.45, 7) is 0. The van der Waals surface area contributed by atoms with Crippen molar-refractivity contribution in [3.8, 4) is 0 Å². The summed E-state index contributed by atoms with van der Waals surface area (Å²) in [6.07, 6.45) is 0. The lowest BCUT2D eigenvalue weighted by Crippen LogP contribution is -2.14. The van der Waals surface area contributed by atoms with Crippen LogP contribution < -0.4 is 5.32 Å². The van der Waals surface area contributed by atoms with E-state index in [1.165, 1.54) is 23.1 Å². The Bertz CT molecular complexity index is 548. The molecule has 0 fully saturated rings. The minimum absolute atomic E-state index is 0.167. The zero-order valence-electron chi connectivity index (χ0n) is 8.89. The number of benzene rings is 1. The molecule has 0 radical (unpaired) electrons. The highest BCUT2D eigenvalue weighted by Crippen LogP contribution is 2.29. The number of carbonyl (C=O) groups excluding carboxylic acids is 1. The maximum absolute atomic E-state index is 11.7. The van der Waals surface area contributed by atoms with Crippen LogP contribution in [0.15, 0.2) is 28.0 Å². The Morgan fingerprint density at radius 3 is 3.00 bits per heavy atom. The molecule has 0 bridgehead atoms. The number of nitrogens with one attached hydrogen (secondary N) is 1. The van der Waals surface area contributed by atoms with Gasteiger partial charge in [0.1, 0.15) is 5.51 Å². The molecule has 0 aliphatic carbocycles. The Balaban J connectivity index is 1.93. The van der Waals surface area contributed by atoms with Crippen LogP contribution >= 0.6 is 46.3 Å². The molecule has 0 atom stereocenters. The van der Waals surface area contributed by atoms with Gasteiger partial charge >= 0.3 is 0 Å². The number of hydrogen-bond donors (Lipinski definition) is 1. The normalized spacial score (nSPS) is 10.3. The number of aromatic nitrogens is 2. The largest absolute Gasteiger partial charge is 0.324 e. The van der Waals surface area contributed by atoms with Gasteiger partial charge in [-0.3, -0.25) is 4.79 Å². The van der Waals surface area contributed by atoms with Gasteiger partial charge in [-0.1, -0.05) is 52.4 Å². The summed E-state index contributed by atoms with van der Waals surface area (Å²) >= 11 is 14.5. The molecule has 1 N–H and O–H groups in total. The summed E-state index contributed by atoms with van der Waals surface area (Å²) in [5.41, 5.74) is 2.13. The average molecular weight is 320 g/mol. The quantitative estimate of drug-likeness (QED) is 0.875. The SMILES string of the molecule is O=C(CSc1nncs1)Nc1cccc(Cl)c1Cl. The predicted molar refractivity (Wildman–Crippen MR) is 75.7 cm³/mol. The highest BCUT2D eigenvalue weighted by Gasteiger charge is 2.09. The van der Waals surface area contributed by atoms with Crippen molar-refractivity contribution in [2.75, 3.05) is 11.1 Å². The zero-order chi connectivity index (χ0) is 13.0. The van der Waals surface area contributed by atoms with E-state index >= 15 is 0 Å². The maximum Gasteiger partial charge on any atom is 0.234 e. The van der Waals surface area contributed by atoms with Crippen LogP contribution in [0.2, 0.25) is 10.0 Å². The second kappa shape index (κ2) is 6.38. The molecule has 0 aliphatic heterocycles. The van der Waals surface area contributed by atoms with Gasteiger partial charge in [0.25, 0.3) is 0 Å². The monoisotopic (exact) mass is 319 g/mol. The third-order valence-corrected chi connectivity index (χ3v) is 4.57. The molecule has 18 heavy (non-hydrogen) atoms. The Kier molecular flexibility index (Phi) is 4.82. The van der Waals surface area contributed by atoms with Crippen LogP contribution in [0.1, 0.15) is 0 Å². The molecule has 0 aliphatic rings. The van der Waals surface area contributed by atoms with Crippen LogP contribution in [-0.2, 0) is 4.79 Å². The number of nitrogens with zero attached hydrogens (tertiary/aromatic N) is 2. The Labute approximate surface area is 122 Å². The van der Waals surface area contributed by atoms with Gasteiger partial charge in [-0.25, -0.2) is 0 Å². The van der Waals surface area contributed by atoms with E-state index in [2.05, 4.69) is 15.5 Å². The van der Waals surface area contributed by atoms with E-state index in [9.17, 15) is 4.79 Å². The number of amides is 1. The lowest BCUT2D eigenvalue weighted by atomic mass is 10.3. The zero-order valence-corrected chi connectivity index (χ0v) is 12.0. The van der Waals surface area contributed by atoms with Crippen molar-refractivity contribution in [3.63, 3.8) is 0 Å². The first-order chi connectivity index (χ1) is 8.66. The van der Waals surface area contributed by atoms with Crippen molar-refractivity contribution in [1.82, 2.24) is 10.2 Å². The molecule has 1 aromatic heterocycles. The Morgan fingerprint density at radius 2 is 2.28 bits per heavy atom. The standard InChI is InChI=1S/C10H7Cl2N3OS2/c11-6-2-1-3-7(9(6)12)14-8(16)4-17-10-15-13-5-18-10/h1-3,5H,4H2,(H,14,16). The van der Waals surface area contributed by atoms with E-state index in [1.54, 1.807) is 23.7 Å². The summed E-state index contributed by atoms with van der Waals surface area (Å²) in [5, 5.41) is 11.0. The molecular weight excluding hydrogens is 313 g/mol. The second-order valence-electron chi connectivity index (χ2n) is 3.14. The highest BCUT2D eigenvalue weighted by atomic mass is 35.5. The van der Waals surface area contributed by atoms with E-state index < -0.39 is 0 Å². The van der Waals surface area contributed by atoms with Crippen molar-refractivity contribution in [2.45, 2.75) is 4.34 Å². The van der Waals surface area contributed by atoms with Gasteiger partial charge in [0.05, 0.1) is 21.5 Å². The summed E-state index contributed by atoms with van der Waals surface area (Å²) < 4.78 is 0.752. The molecule has 2 aromatic rings. The number of hydrogen-bond acceptors (Lipinski definition) is 5. The smallest absolute Gasteiger partial charge is 0.234 e. The topological polar surface area (TPSA) is 54.9 Å². The Morgan fingerprint density at radius 1 is 1.44 bits per heavy atom. The highest BCUT2D eigenvalue weighted by molar-refractivity contribution is 8.01. The van der Waals surface area contributed by atoms with Crippen molar-refractivity contribution in [3.05, 3.63) is 33.8 Å². The first kappa shape index (κ1) is 13.6. The summed E-state index contributed by atoms with van der Waals surface area (Å²) in [4.78, 5) is 11.7. The average Bonchev–Trinajstić information content (AvgIpc) is 2.86. The fraction of sp³-hybridized carbons (Fsp3) is 0.100. The summed E-state index contributed by atoms with van der Waals surface area (Å²) in [7, 11) is 0. The van der Waals surface area contributed by atoms with Crippen molar-refractivity contribution in [2.24, 2.45) is 0 Å². The molecule has 1 amide bonds. The van der Waals surface area contributed by atoms with Crippen LogP contribution in [0, 0.1) is 0 Å². The molecule has 0 saturated heterocycles. The van der Waals surface area contributed by atoms with Gasteiger partial charge in [-0.2, -0.15) is 0 Å². The molecule has 1 aromatic carbocycles. The predicted octanol–water partition coefficient (Wildman–Crippen LogP) is 3.58. The summed E-state index contributed by atoms with van der Waals surface area (Å²) in [5.74, 6) is 0.0808. The van der Waals surface area contributed by atoms with Gasteiger partial charge in [0.15, 0.2) is 4.34 Å². The molecule has 94 valence electrons. The molecule has 8 heteroatoms. The molecular formula is C10H7Cl2N3OS2. The minimum atomic E-state index is -0.167. The van der Waals surface area contributed by atoms with Crippen LogP contribution in [0.5, 0.6) is 0 Å². The number of thioether (sulfide) groups is 1. The molecule has 2 rings (SSSR count). The van der Waals surface area contributed by atoms with Gasteiger partial charge in [-0.15, -0.1) is 10.2 Å². The maximum atomic E-state index is 11.7. The molecule has 1 heterocycles. The third-order valence-electron chi connectivity index (χ3n) is 1.89. The number of anilines is 1. The molecule has 0 unspecified atom stereocenters. The first-order valence-corrected chi connectivity index (χ1v) is 7.42. The van der Waals surface area contributed by atoms with Crippen molar-refractivity contribution >= 4 is 57.9 Å². The van der Waals surface area contributed by atoms with E-state index in [4.69, 9.17) is 23.2 Å². The molecule has 4 nitrogen and oxygen atoms in total. The lowest BCUT2D eigenvalue weighted by molar-refractivity contribution is -0.113. The number of carbonyl (C=O) groups is 1. The third kappa shape index (κ3) is 3.58. The Hall–Kier alpha value is -0.820. The first-order valence-electron chi connectivity index (χ1n) is 4.79. The number of halogens is 2. The van der Waals surface area contributed by atoms with Gasteiger partial charge in [0, 0.05) is 0 Å². The van der Waals surface area contributed by atoms with Crippen molar-refractivity contribution < 1.29 is 4.79 Å². The number of rotatable bonds is 4. The van der Waals surface area contributed by atoms with Gasteiger partial charge < -0.3 is 5.32 Å².